The highest BCUT2D eigenvalue weighted by Crippen LogP contribution is 2.36. The van der Waals surface area contributed by atoms with E-state index in [0.717, 1.165) is 21.0 Å². The van der Waals surface area contributed by atoms with Crippen LogP contribution in [0.25, 0.3) is 0 Å². The Morgan fingerprint density at radius 2 is 2.07 bits per heavy atom. The molecule has 82 valence electrons. The minimum absolute atomic E-state index is 0.526. The maximum atomic E-state index is 5.87. The van der Waals surface area contributed by atoms with Gasteiger partial charge in [-0.2, -0.15) is 0 Å². The molecule has 3 nitrogen and oxygen atoms in total. The number of halogens is 1. The van der Waals surface area contributed by atoms with Crippen molar-refractivity contribution in [2.24, 2.45) is 5.92 Å². The quantitative estimate of drug-likeness (QED) is 0.810. The van der Waals surface area contributed by atoms with Crippen molar-refractivity contribution in [2.45, 2.75) is 39.0 Å². The third kappa shape index (κ3) is 2.24. The molecule has 2 N–H and O–H groups in total. The standard InChI is InChI=1S/C11H16IN3/c1-6-3-4-8(5-6)11-14-7(2)9(12)10(13)15-11/h6,8H,3-5H2,1-2H3,(H2,13,14,15). The SMILES string of the molecule is Cc1nc(C2CCC(C)C2)nc(N)c1I. The number of aryl methyl sites for hydroxylation is 1. The van der Waals surface area contributed by atoms with E-state index >= 15 is 0 Å². The fourth-order valence-corrected chi connectivity index (χ4v) is 2.47. The summed E-state index contributed by atoms with van der Waals surface area (Å²) in [7, 11) is 0. The molecule has 1 aromatic rings. The van der Waals surface area contributed by atoms with Crippen molar-refractivity contribution in [1.29, 1.82) is 0 Å². The fourth-order valence-electron chi connectivity index (χ4n) is 2.23. The summed E-state index contributed by atoms with van der Waals surface area (Å²) in [4.78, 5) is 8.96. The van der Waals surface area contributed by atoms with Crippen molar-refractivity contribution in [3.8, 4) is 0 Å². The van der Waals surface area contributed by atoms with E-state index in [4.69, 9.17) is 5.73 Å². The lowest BCUT2D eigenvalue weighted by Gasteiger charge is -2.11. The van der Waals surface area contributed by atoms with Crippen molar-refractivity contribution >= 4 is 28.4 Å². The lowest BCUT2D eigenvalue weighted by Crippen LogP contribution is -2.08. The molecule has 15 heavy (non-hydrogen) atoms. The molecule has 1 aliphatic rings. The van der Waals surface area contributed by atoms with Gasteiger partial charge in [-0.15, -0.1) is 0 Å². The highest BCUT2D eigenvalue weighted by Gasteiger charge is 2.25. The average molecular weight is 317 g/mol. The zero-order chi connectivity index (χ0) is 11.0. The maximum Gasteiger partial charge on any atom is 0.140 e. The summed E-state index contributed by atoms with van der Waals surface area (Å²) in [5.41, 5.74) is 6.88. The molecule has 1 saturated carbocycles. The van der Waals surface area contributed by atoms with E-state index in [9.17, 15) is 0 Å². The highest BCUT2D eigenvalue weighted by molar-refractivity contribution is 14.1. The number of nitrogen functional groups attached to an aromatic ring is 1. The lowest BCUT2D eigenvalue weighted by atomic mass is 10.1. The van der Waals surface area contributed by atoms with Crippen LogP contribution in [0.5, 0.6) is 0 Å². The highest BCUT2D eigenvalue weighted by atomic mass is 127. The van der Waals surface area contributed by atoms with Crippen LogP contribution in [0.4, 0.5) is 5.82 Å². The van der Waals surface area contributed by atoms with Gasteiger partial charge in [0.2, 0.25) is 0 Å². The van der Waals surface area contributed by atoms with Gasteiger partial charge in [0.1, 0.15) is 11.6 Å². The van der Waals surface area contributed by atoms with Gasteiger partial charge in [0.15, 0.2) is 0 Å². The predicted molar refractivity (Wildman–Crippen MR) is 69.7 cm³/mol. The summed E-state index contributed by atoms with van der Waals surface area (Å²) >= 11 is 2.20. The van der Waals surface area contributed by atoms with Crippen LogP contribution in [-0.2, 0) is 0 Å². The van der Waals surface area contributed by atoms with E-state index in [1.807, 2.05) is 6.92 Å². The van der Waals surface area contributed by atoms with Crippen LogP contribution in [0.2, 0.25) is 0 Å². The third-order valence-electron chi connectivity index (χ3n) is 3.12. The summed E-state index contributed by atoms with van der Waals surface area (Å²) in [6.07, 6.45) is 3.71. The minimum Gasteiger partial charge on any atom is -0.383 e. The van der Waals surface area contributed by atoms with Crippen LogP contribution >= 0.6 is 22.6 Å². The van der Waals surface area contributed by atoms with E-state index in [1.165, 1.54) is 19.3 Å². The Bertz CT molecular complexity index is 355. The molecule has 1 aliphatic carbocycles. The monoisotopic (exact) mass is 317 g/mol. The maximum absolute atomic E-state index is 5.87. The molecule has 2 rings (SSSR count). The minimum atomic E-state index is 0.526. The Hall–Kier alpha value is -0.390. The zero-order valence-electron chi connectivity index (χ0n) is 9.13. The zero-order valence-corrected chi connectivity index (χ0v) is 11.3. The Morgan fingerprint density at radius 1 is 1.33 bits per heavy atom. The number of anilines is 1. The summed E-state index contributed by atoms with van der Waals surface area (Å²) < 4.78 is 0.988. The van der Waals surface area contributed by atoms with E-state index in [-0.39, 0.29) is 0 Å². The molecule has 2 unspecified atom stereocenters. The molecular formula is C11H16IN3. The molecule has 1 heterocycles. The van der Waals surface area contributed by atoms with Crippen molar-refractivity contribution in [3.05, 3.63) is 15.1 Å². The number of nitrogens with two attached hydrogens (primary N) is 1. The molecule has 0 radical (unpaired) electrons. The molecular weight excluding hydrogens is 301 g/mol. The van der Waals surface area contributed by atoms with E-state index in [2.05, 4.69) is 39.5 Å². The van der Waals surface area contributed by atoms with Gasteiger partial charge in [0.25, 0.3) is 0 Å². The van der Waals surface area contributed by atoms with Crippen molar-refractivity contribution < 1.29 is 0 Å². The van der Waals surface area contributed by atoms with Crippen LogP contribution in [0.1, 0.15) is 43.6 Å². The second-order valence-electron chi connectivity index (χ2n) is 4.48. The van der Waals surface area contributed by atoms with Gasteiger partial charge in [-0.25, -0.2) is 9.97 Å². The second-order valence-corrected chi connectivity index (χ2v) is 5.56. The van der Waals surface area contributed by atoms with E-state index < -0.39 is 0 Å². The van der Waals surface area contributed by atoms with Crippen LogP contribution in [0, 0.1) is 16.4 Å². The smallest absolute Gasteiger partial charge is 0.140 e. The number of hydrogen-bond donors (Lipinski definition) is 1. The van der Waals surface area contributed by atoms with Crippen LogP contribution in [0.15, 0.2) is 0 Å². The molecule has 4 heteroatoms. The van der Waals surface area contributed by atoms with E-state index in [0.29, 0.717) is 11.7 Å². The number of hydrogen-bond acceptors (Lipinski definition) is 3. The normalized spacial score (nSPS) is 25.8. The van der Waals surface area contributed by atoms with Crippen LogP contribution < -0.4 is 5.73 Å². The first kappa shape index (κ1) is 11.1. The molecule has 2 atom stereocenters. The summed E-state index contributed by atoms with van der Waals surface area (Å²) in [5.74, 6) is 2.92. The van der Waals surface area contributed by atoms with Crippen molar-refractivity contribution in [2.75, 3.05) is 5.73 Å². The number of aromatic nitrogens is 2. The molecule has 0 aromatic carbocycles. The fraction of sp³-hybridized carbons (Fsp3) is 0.636. The van der Waals surface area contributed by atoms with Crippen LogP contribution in [-0.4, -0.2) is 9.97 Å². The van der Waals surface area contributed by atoms with Gasteiger partial charge >= 0.3 is 0 Å². The largest absolute Gasteiger partial charge is 0.383 e. The summed E-state index contributed by atoms with van der Waals surface area (Å²) in [6.45, 7) is 4.30. The molecule has 0 aliphatic heterocycles. The van der Waals surface area contributed by atoms with Crippen molar-refractivity contribution in [1.82, 2.24) is 9.97 Å². The third-order valence-corrected chi connectivity index (χ3v) is 4.45. The van der Waals surface area contributed by atoms with Gasteiger partial charge < -0.3 is 5.73 Å². The molecule has 0 amide bonds. The van der Waals surface area contributed by atoms with Gasteiger partial charge in [-0.1, -0.05) is 6.92 Å². The lowest BCUT2D eigenvalue weighted by molar-refractivity contribution is 0.584. The summed E-state index contributed by atoms with van der Waals surface area (Å²) in [5, 5.41) is 0. The van der Waals surface area contributed by atoms with E-state index in [1.54, 1.807) is 0 Å². The molecule has 0 spiro atoms. The molecule has 1 aromatic heterocycles. The topological polar surface area (TPSA) is 51.8 Å². The first-order chi connectivity index (χ1) is 7.08. The Labute approximate surface area is 104 Å². The first-order valence-electron chi connectivity index (χ1n) is 5.37. The van der Waals surface area contributed by atoms with Gasteiger partial charge in [0, 0.05) is 5.92 Å². The summed E-state index contributed by atoms with van der Waals surface area (Å²) in [6, 6.07) is 0. The number of nitrogens with zero attached hydrogens (tertiary/aromatic N) is 2. The Morgan fingerprint density at radius 3 is 2.60 bits per heavy atom. The molecule has 0 saturated heterocycles. The second kappa shape index (κ2) is 4.23. The Balaban J connectivity index is 2.29. The Kier molecular flexibility index (Phi) is 3.13. The molecule has 0 bridgehead atoms. The van der Waals surface area contributed by atoms with Crippen molar-refractivity contribution in [3.63, 3.8) is 0 Å². The van der Waals surface area contributed by atoms with Gasteiger partial charge in [0.05, 0.1) is 9.26 Å². The van der Waals surface area contributed by atoms with Gasteiger partial charge in [-0.05, 0) is 54.7 Å². The predicted octanol–water partition coefficient (Wildman–Crippen LogP) is 2.88. The van der Waals surface area contributed by atoms with Crippen LogP contribution in [0.3, 0.4) is 0 Å². The first-order valence-corrected chi connectivity index (χ1v) is 6.45. The number of rotatable bonds is 1. The van der Waals surface area contributed by atoms with Gasteiger partial charge in [-0.3, -0.25) is 0 Å². The average Bonchev–Trinajstić information content (AvgIpc) is 2.60. The molecule has 1 fully saturated rings.